The zero-order chi connectivity index (χ0) is 30.6. The fraction of sp³-hybridized carbons (Fsp3) is 0.382. The van der Waals surface area contributed by atoms with Gasteiger partial charge in [-0.3, -0.25) is 9.59 Å². The number of phenols is 1. The zero-order valence-corrected chi connectivity index (χ0v) is 25.2. The Morgan fingerprint density at radius 1 is 0.929 bits per heavy atom. The molecule has 2 atom stereocenters. The van der Waals surface area contributed by atoms with Gasteiger partial charge in [0.2, 0.25) is 5.91 Å². The van der Waals surface area contributed by atoms with Crippen molar-refractivity contribution in [1.29, 1.82) is 0 Å². The van der Waals surface area contributed by atoms with E-state index < -0.39 is 23.8 Å². The topological polar surface area (TPSA) is 108 Å². The summed E-state index contributed by atoms with van der Waals surface area (Å²) in [6.07, 6.45) is 0.993. The fourth-order valence-corrected chi connectivity index (χ4v) is 5.04. The molecule has 0 saturated heterocycles. The van der Waals surface area contributed by atoms with Gasteiger partial charge in [0.05, 0.1) is 0 Å². The van der Waals surface area contributed by atoms with Crippen LogP contribution in [-0.2, 0) is 20.7 Å². The molecule has 1 aliphatic rings. The maximum Gasteiger partial charge on any atom is 0.408 e. The number of nitrogens with zero attached hydrogens (tertiary/aromatic N) is 1. The van der Waals surface area contributed by atoms with Crippen molar-refractivity contribution in [3.05, 3.63) is 94.5 Å². The van der Waals surface area contributed by atoms with E-state index in [0.717, 1.165) is 29.5 Å². The standard InChI is InChI=1S/C34H41N3O5/c1-21-11-10-12-22(2)29(21)36-31(39)30(25-15-18-28(38)23(3)19-25)37(26-16-17-26)32(40)27(20-24-13-8-7-9-14-24)35-33(41)42-34(4,5)6/h7-15,18-19,26-27,30,38H,16-17,20H2,1-6H3,(H,35,41)(H,36,39). The number of hydrogen-bond donors (Lipinski definition) is 3. The van der Waals surface area contributed by atoms with E-state index in [1.807, 2.05) is 62.4 Å². The molecule has 8 nitrogen and oxygen atoms in total. The van der Waals surface area contributed by atoms with E-state index in [2.05, 4.69) is 10.6 Å². The van der Waals surface area contributed by atoms with E-state index in [4.69, 9.17) is 4.74 Å². The van der Waals surface area contributed by atoms with Gasteiger partial charge >= 0.3 is 6.09 Å². The zero-order valence-electron chi connectivity index (χ0n) is 25.2. The molecular formula is C34H41N3O5. The third-order valence-corrected chi connectivity index (χ3v) is 7.26. The van der Waals surface area contributed by atoms with Crippen molar-refractivity contribution in [1.82, 2.24) is 10.2 Å². The van der Waals surface area contributed by atoms with Crippen molar-refractivity contribution in [3.8, 4) is 5.75 Å². The molecule has 3 amide bonds. The third kappa shape index (κ3) is 7.69. The van der Waals surface area contributed by atoms with E-state index in [-0.39, 0.29) is 30.0 Å². The molecule has 3 aromatic rings. The fourth-order valence-electron chi connectivity index (χ4n) is 5.04. The number of aryl methyl sites for hydroxylation is 3. The highest BCUT2D eigenvalue weighted by atomic mass is 16.6. The molecule has 4 rings (SSSR count). The summed E-state index contributed by atoms with van der Waals surface area (Å²) in [4.78, 5) is 43.3. The molecule has 8 heteroatoms. The molecular weight excluding hydrogens is 530 g/mol. The van der Waals surface area contributed by atoms with E-state index in [1.54, 1.807) is 50.8 Å². The molecule has 42 heavy (non-hydrogen) atoms. The maximum absolute atomic E-state index is 14.5. The number of para-hydroxylation sites is 1. The lowest BCUT2D eigenvalue weighted by Crippen LogP contribution is -2.54. The number of anilines is 1. The molecule has 0 aromatic heterocycles. The molecule has 3 aromatic carbocycles. The summed E-state index contributed by atoms with van der Waals surface area (Å²) in [5.74, 6) is -0.640. The molecule has 1 fully saturated rings. The van der Waals surface area contributed by atoms with Crippen LogP contribution >= 0.6 is 0 Å². The number of aromatic hydroxyl groups is 1. The quantitative estimate of drug-likeness (QED) is 0.287. The Morgan fingerprint density at radius 3 is 2.14 bits per heavy atom. The first kappa shape index (κ1) is 30.6. The van der Waals surface area contributed by atoms with Crippen molar-refractivity contribution in [3.63, 3.8) is 0 Å². The van der Waals surface area contributed by atoms with Crippen molar-refractivity contribution in [2.45, 2.75) is 84.5 Å². The van der Waals surface area contributed by atoms with Crippen molar-refractivity contribution in [2.24, 2.45) is 0 Å². The number of hydrogen-bond acceptors (Lipinski definition) is 5. The Kier molecular flexibility index (Phi) is 9.24. The number of carbonyl (C=O) groups excluding carboxylic acids is 3. The Balaban J connectivity index is 1.76. The number of rotatable bonds is 9. The first-order valence-corrected chi connectivity index (χ1v) is 14.4. The average molecular weight is 572 g/mol. The number of alkyl carbamates (subject to hydrolysis) is 1. The summed E-state index contributed by atoms with van der Waals surface area (Å²) in [6, 6.07) is 18.0. The minimum absolute atomic E-state index is 0.102. The molecule has 2 unspecified atom stereocenters. The van der Waals surface area contributed by atoms with Crippen LogP contribution in [0.4, 0.5) is 10.5 Å². The van der Waals surface area contributed by atoms with Crippen LogP contribution in [0.25, 0.3) is 0 Å². The van der Waals surface area contributed by atoms with Crippen molar-refractivity contribution >= 4 is 23.6 Å². The number of amides is 3. The smallest absolute Gasteiger partial charge is 0.408 e. The van der Waals surface area contributed by atoms with Crippen LogP contribution in [0.5, 0.6) is 5.75 Å². The van der Waals surface area contributed by atoms with E-state index in [9.17, 15) is 19.5 Å². The SMILES string of the molecule is Cc1cc(C(C(=O)Nc2c(C)cccc2C)N(C(=O)C(Cc2ccccc2)NC(=O)OC(C)(C)C)C2CC2)ccc1O. The lowest BCUT2D eigenvalue weighted by molar-refractivity contribution is -0.141. The molecule has 1 saturated carbocycles. The Labute approximate surface area is 248 Å². The minimum Gasteiger partial charge on any atom is -0.508 e. The van der Waals surface area contributed by atoms with Gasteiger partial charge < -0.3 is 25.4 Å². The van der Waals surface area contributed by atoms with Gasteiger partial charge in [0.1, 0.15) is 23.4 Å². The average Bonchev–Trinajstić information content (AvgIpc) is 3.75. The second kappa shape index (κ2) is 12.7. The summed E-state index contributed by atoms with van der Waals surface area (Å²) >= 11 is 0. The van der Waals surface area contributed by atoms with Crippen LogP contribution in [0.1, 0.15) is 67.5 Å². The largest absolute Gasteiger partial charge is 0.508 e. The van der Waals surface area contributed by atoms with E-state index in [1.165, 1.54) is 0 Å². The van der Waals surface area contributed by atoms with Crippen LogP contribution in [-0.4, -0.2) is 45.6 Å². The van der Waals surface area contributed by atoms with Crippen LogP contribution in [0.15, 0.2) is 66.7 Å². The van der Waals surface area contributed by atoms with Crippen LogP contribution in [0, 0.1) is 20.8 Å². The predicted molar refractivity (Wildman–Crippen MR) is 163 cm³/mol. The second-order valence-electron chi connectivity index (χ2n) is 12.1. The highest BCUT2D eigenvalue weighted by Gasteiger charge is 2.44. The van der Waals surface area contributed by atoms with Gasteiger partial charge in [-0.2, -0.15) is 0 Å². The molecule has 1 aliphatic carbocycles. The van der Waals surface area contributed by atoms with Crippen molar-refractivity contribution < 1.29 is 24.2 Å². The predicted octanol–water partition coefficient (Wildman–Crippen LogP) is 6.12. The Morgan fingerprint density at radius 2 is 1.57 bits per heavy atom. The van der Waals surface area contributed by atoms with E-state index in [0.29, 0.717) is 16.8 Å². The molecule has 3 N–H and O–H groups in total. The Bertz CT molecular complexity index is 1420. The number of benzene rings is 3. The van der Waals surface area contributed by atoms with Gasteiger partial charge in [-0.15, -0.1) is 0 Å². The van der Waals surface area contributed by atoms with Gasteiger partial charge in [0.15, 0.2) is 0 Å². The lowest BCUT2D eigenvalue weighted by Gasteiger charge is -2.35. The monoisotopic (exact) mass is 571 g/mol. The second-order valence-corrected chi connectivity index (χ2v) is 12.1. The first-order chi connectivity index (χ1) is 19.8. The molecule has 0 aliphatic heterocycles. The van der Waals surface area contributed by atoms with Crippen LogP contribution < -0.4 is 10.6 Å². The van der Waals surface area contributed by atoms with E-state index >= 15 is 0 Å². The van der Waals surface area contributed by atoms with Crippen LogP contribution in [0.3, 0.4) is 0 Å². The summed E-state index contributed by atoms with van der Waals surface area (Å²) in [6.45, 7) is 10.9. The van der Waals surface area contributed by atoms with Crippen molar-refractivity contribution in [2.75, 3.05) is 5.32 Å². The Hall–Kier alpha value is -4.33. The number of carbonyl (C=O) groups is 3. The van der Waals surface area contributed by atoms with Crippen LogP contribution in [0.2, 0.25) is 0 Å². The van der Waals surface area contributed by atoms with Gasteiger partial charge in [0, 0.05) is 18.2 Å². The van der Waals surface area contributed by atoms with Gasteiger partial charge in [-0.25, -0.2) is 4.79 Å². The van der Waals surface area contributed by atoms with Gasteiger partial charge in [-0.05, 0) is 94.3 Å². The maximum atomic E-state index is 14.5. The number of nitrogens with one attached hydrogen (secondary N) is 2. The van der Waals surface area contributed by atoms with Gasteiger partial charge in [0.25, 0.3) is 5.91 Å². The minimum atomic E-state index is -0.998. The summed E-state index contributed by atoms with van der Waals surface area (Å²) in [5, 5.41) is 16.1. The molecule has 222 valence electrons. The molecule has 0 spiro atoms. The summed E-state index contributed by atoms with van der Waals surface area (Å²) in [5.41, 5.74) is 3.78. The highest BCUT2D eigenvalue weighted by molar-refractivity contribution is 6.00. The third-order valence-electron chi connectivity index (χ3n) is 7.26. The lowest BCUT2D eigenvalue weighted by atomic mass is 9.98. The molecule has 0 heterocycles. The first-order valence-electron chi connectivity index (χ1n) is 14.4. The molecule has 0 bridgehead atoms. The normalized spacial score (nSPS) is 14.4. The molecule has 0 radical (unpaired) electrons. The van der Waals surface area contributed by atoms with Gasteiger partial charge in [-0.1, -0.05) is 54.6 Å². The summed E-state index contributed by atoms with van der Waals surface area (Å²) < 4.78 is 5.51. The number of ether oxygens (including phenoxy) is 1. The summed E-state index contributed by atoms with van der Waals surface area (Å²) in [7, 11) is 0. The number of phenolic OH excluding ortho intramolecular Hbond substituents is 1. The highest BCUT2D eigenvalue weighted by Crippen LogP contribution is 2.37.